The van der Waals surface area contributed by atoms with Crippen LogP contribution in [0, 0.1) is 0 Å². The molecule has 0 radical (unpaired) electrons. The van der Waals surface area contributed by atoms with Crippen molar-refractivity contribution in [2.75, 3.05) is 7.11 Å². The summed E-state index contributed by atoms with van der Waals surface area (Å²) in [5, 5.41) is 0. The zero-order valence-electron chi connectivity index (χ0n) is 12.1. The Morgan fingerprint density at radius 3 is 2.53 bits per heavy atom. The van der Waals surface area contributed by atoms with Gasteiger partial charge in [0, 0.05) is 5.56 Å². The number of rotatable bonds is 9. The van der Waals surface area contributed by atoms with Crippen molar-refractivity contribution in [3.05, 3.63) is 35.4 Å². The molecule has 1 amide bonds. The first-order chi connectivity index (χ1) is 9.29. The molecule has 3 heteroatoms. The molecule has 0 atom stereocenters. The lowest BCUT2D eigenvalue weighted by molar-refractivity contribution is 0.0536. The maximum absolute atomic E-state index is 11.8. The smallest absolute Gasteiger partial charge is 0.275 e. The molecule has 0 saturated heterocycles. The van der Waals surface area contributed by atoms with E-state index >= 15 is 0 Å². The standard InChI is InChI=1S/C16H25NO2/c1-3-4-5-6-7-8-11-14-12-9-10-13-15(14)16(18)17-19-2/h9-10,12-13H,3-8,11H2,1-2H3,(H,17,18). The van der Waals surface area contributed by atoms with Crippen molar-refractivity contribution in [1.82, 2.24) is 5.48 Å². The van der Waals surface area contributed by atoms with Crippen LogP contribution in [-0.2, 0) is 11.3 Å². The second kappa shape index (κ2) is 9.56. The number of amides is 1. The predicted molar refractivity (Wildman–Crippen MR) is 78.0 cm³/mol. The van der Waals surface area contributed by atoms with Gasteiger partial charge in [0.05, 0.1) is 7.11 Å². The second-order valence-electron chi connectivity index (χ2n) is 4.81. The Kier molecular flexibility index (Phi) is 7.91. The Hall–Kier alpha value is -1.35. The van der Waals surface area contributed by atoms with Gasteiger partial charge in [0.15, 0.2) is 0 Å². The zero-order valence-corrected chi connectivity index (χ0v) is 12.1. The van der Waals surface area contributed by atoms with Gasteiger partial charge in [0.1, 0.15) is 0 Å². The highest BCUT2D eigenvalue weighted by atomic mass is 16.6. The van der Waals surface area contributed by atoms with Crippen LogP contribution in [0.3, 0.4) is 0 Å². The van der Waals surface area contributed by atoms with Crippen LogP contribution in [0.15, 0.2) is 24.3 Å². The largest absolute Gasteiger partial charge is 0.277 e. The molecule has 0 spiro atoms. The van der Waals surface area contributed by atoms with Crippen molar-refractivity contribution in [2.24, 2.45) is 0 Å². The van der Waals surface area contributed by atoms with E-state index in [1.807, 2.05) is 24.3 Å². The van der Waals surface area contributed by atoms with E-state index in [2.05, 4.69) is 17.2 Å². The first-order valence-corrected chi connectivity index (χ1v) is 7.20. The van der Waals surface area contributed by atoms with Gasteiger partial charge < -0.3 is 0 Å². The SMILES string of the molecule is CCCCCCCCc1ccccc1C(=O)NOC. The third-order valence-electron chi connectivity index (χ3n) is 3.26. The highest BCUT2D eigenvalue weighted by Gasteiger charge is 2.09. The molecule has 0 aromatic heterocycles. The van der Waals surface area contributed by atoms with Gasteiger partial charge in [-0.3, -0.25) is 9.63 Å². The van der Waals surface area contributed by atoms with E-state index in [4.69, 9.17) is 0 Å². The molecule has 106 valence electrons. The van der Waals surface area contributed by atoms with Gasteiger partial charge >= 0.3 is 0 Å². The molecule has 0 heterocycles. The number of nitrogens with one attached hydrogen (secondary N) is 1. The fourth-order valence-corrected chi connectivity index (χ4v) is 2.20. The summed E-state index contributed by atoms with van der Waals surface area (Å²) in [6.45, 7) is 2.23. The minimum Gasteiger partial charge on any atom is -0.277 e. The van der Waals surface area contributed by atoms with E-state index in [0.29, 0.717) is 0 Å². The summed E-state index contributed by atoms with van der Waals surface area (Å²) >= 11 is 0. The van der Waals surface area contributed by atoms with Gasteiger partial charge in [-0.1, -0.05) is 57.2 Å². The Bertz CT molecular complexity index is 377. The Morgan fingerprint density at radius 1 is 1.11 bits per heavy atom. The van der Waals surface area contributed by atoms with Crippen molar-refractivity contribution in [1.29, 1.82) is 0 Å². The average Bonchev–Trinajstić information content (AvgIpc) is 2.43. The lowest BCUT2D eigenvalue weighted by Crippen LogP contribution is -2.23. The number of aryl methyl sites for hydroxylation is 1. The van der Waals surface area contributed by atoms with E-state index in [1.54, 1.807) is 0 Å². The number of hydrogen-bond donors (Lipinski definition) is 1. The number of benzene rings is 1. The third-order valence-corrected chi connectivity index (χ3v) is 3.26. The van der Waals surface area contributed by atoms with Crippen molar-refractivity contribution in [3.8, 4) is 0 Å². The molecule has 19 heavy (non-hydrogen) atoms. The predicted octanol–water partition coefficient (Wildman–Crippen LogP) is 3.88. The van der Waals surface area contributed by atoms with E-state index in [-0.39, 0.29) is 5.91 Å². The lowest BCUT2D eigenvalue weighted by Gasteiger charge is -2.08. The van der Waals surface area contributed by atoms with Gasteiger partial charge in [-0.25, -0.2) is 5.48 Å². The van der Waals surface area contributed by atoms with Crippen LogP contribution >= 0.6 is 0 Å². The molecule has 0 saturated carbocycles. The monoisotopic (exact) mass is 263 g/mol. The molecule has 0 fully saturated rings. The minimum atomic E-state index is -0.163. The molecule has 1 aromatic carbocycles. The Balaban J connectivity index is 2.42. The minimum absolute atomic E-state index is 0.163. The Morgan fingerprint density at radius 2 is 1.79 bits per heavy atom. The van der Waals surface area contributed by atoms with Crippen LogP contribution < -0.4 is 5.48 Å². The third kappa shape index (κ3) is 5.88. The highest BCUT2D eigenvalue weighted by molar-refractivity contribution is 5.94. The number of carbonyl (C=O) groups excluding carboxylic acids is 1. The molecule has 0 unspecified atom stereocenters. The van der Waals surface area contributed by atoms with Crippen molar-refractivity contribution >= 4 is 5.91 Å². The van der Waals surface area contributed by atoms with E-state index < -0.39 is 0 Å². The van der Waals surface area contributed by atoms with Crippen molar-refractivity contribution in [3.63, 3.8) is 0 Å². The first kappa shape index (κ1) is 15.7. The summed E-state index contributed by atoms with van der Waals surface area (Å²) in [7, 11) is 1.45. The summed E-state index contributed by atoms with van der Waals surface area (Å²) < 4.78 is 0. The van der Waals surface area contributed by atoms with Crippen LogP contribution in [0.5, 0.6) is 0 Å². The van der Waals surface area contributed by atoms with Crippen LogP contribution in [0.4, 0.5) is 0 Å². The molecule has 3 nitrogen and oxygen atoms in total. The van der Waals surface area contributed by atoms with Gasteiger partial charge in [0.25, 0.3) is 5.91 Å². The molecular formula is C16H25NO2. The highest BCUT2D eigenvalue weighted by Crippen LogP contribution is 2.14. The second-order valence-corrected chi connectivity index (χ2v) is 4.81. The van der Waals surface area contributed by atoms with Crippen LogP contribution in [0.2, 0.25) is 0 Å². The first-order valence-electron chi connectivity index (χ1n) is 7.20. The lowest BCUT2D eigenvalue weighted by atomic mass is 10.00. The number of unbranched alkanes of at least 4 members (excludes halogenated alkanes) is 5. The number of hydroxylamine groups is 1. The topological polar surface area (TPSA) is 38.3 Å². The van der Waals surface area contributed by atoms with E-state index in [9.17, 15) is 4.79 Å². The summed E-state index contributed by atoms with van der Waals surface area (Å²) in [5.41, 5.74) is 4.21. The normalized spacial score (nSPS) is 10.4. The van der Waals surface area contributed by atoms with Gasteiger partial charge in [-0.05, 0) is 24.5 Å². The Labute approximate surface area is 116 Å². The van der Waals surface area contributed by atoms with Gasteiger partial charge in [-0.15, -0.1) is 0 Å². The van der Waals surface area contributed by atoms with Crippen LogP contribution in [0.1, 0.15) is 61.4 Å². The molecule has 1 aromatic rings. The van der Waals surface area contributed by atoms with Gasteiger partial charge in [0.2, 0.25) is 0 Å². The maximum atomic E-state index is 11.8. The molecule has 0 aliphatic heterocycles. The summed E-state index contributed by atoms with van der Waals surface area (Å²) in [6, 6.07) is 7.74. The number of hydrogen-bond acceptors (Lipinski definition) is 2. The maximum Gasteiger partial charge on any atom is 0.275 e. The van der Waals surface area contributed by atoms with Crippen LogP contribution in [0.25, 0.3) is 0 Å². The molecular weight excluding hydrogens is 238 g/mol. The molecule has 0 aliphatic rings. The fourth-order valence-electron chi connectivity index (χ4n) is 2.20. The van der Waals surface area contributed by atoms with Gasteiger partial charge in [-0.2, -0.15) is 0 Å². The molecule has 1 rings (SSSR count). The van der Waals surface area contributed by atoms with Crippen molar-refractivity contribution < 1.29 is 9.63 Å². The molecule has 1 N–H and O–H groups in total. The molecule has 0 aliphatic carbocycles. The average molecular weight is 263 g/mol. The quantitative estimate of drug-likeness (QED) is 0.542. The van der Waals surface area contributed by atoms with Crippen molar-refractivity contribution in [2.45, 2.75) is 51.9 Å². The van der Waals surface area contributed by atoms with E-state index in [1.165, 1.54) is 39.2 Å². The summed E-state index contributed by atoms with van der Waals surface area (Å²) in [4.78, 5) is 16.5. The molecule has 0 bridgehead atoms. The van der Waals surface area contributed by atoms with E-state index in [0.717, 1.165) is 24.0 Å². The number of carbonyl (C=O) groups is 1. The van der Waals surface area contributed by atoms with Crippen LogP contribution in [-0.4, -0.2) is 13.0 Å². The zero-order chi connectivity index (χ0) is 13.9. The summed E-state index contributed by atoms with van der Waals surface area (Å²) in [6.07, 6.45) is 8.55. The fraction of sp³-hybridized carbons (Fsp3) is 0.562. The summed E-state index contributed by atoms with van der Waals surface area (Å²) in [5.74, 6) is -0.163.